The van der Waals surface area contributed by atoms with Crippen molar-refractivity contribution in [2.45, 2.75) is 20.3 Å². The Morgan fingerprint density at radius 3 is 2.70 bits per heavy atom. The van der Waals surface area contributed by atoms with E-state index in [1.165, 1.54) is 6.42 Å². The lowest BCUT2D eigenvalue weighted by Gasteiger charge is -2.22. The largest absolute Gasteiger partial charge is 0.249 e. The van der Waals surface area contributed by atoms with Crippen LogP contribution in [0.15, 0.2) is 11.6 Å². The van der Waals surface area contributed by atoms with Gasteiger partial charge < -0.3 is 0 Å². The Balaban J connectivity index is 2.48. The highest BCUT2D eigenvalue weighted by molar-refractivity contribution is 7.77. The van der Waals surface area contributed by atoms with Crippen LogP contribution in [0.2, 0.25) is 0 Å². The topological polar surface area (TPSA) is 3.24 Å². The average molecular weight is 157 g/mol. The van der Waals surface area contributed by atoms with Crippen molar-refractivity contribution in [1.82, 2.24) is 4.31 Å². The Morgan fingerprint density at radius 1 is 1.60 bits per heavy atom. The second-order valence-corrected chi connectivity index (χ2v) is 3.66. The molecule has 0 unspecified atom stereocenters. The highest BCUT2D eigenvalue weighted by atomic mass is 32.1. The molecule has 1 aliphatic heterocycles. The molecular formula is C8H15NS. The van der Waals surface area contributed by atoms with Crippen molar-refractivity contribution in [3.63, 3.8) is 0 Å². The van der Waals surface area contributed by atoms with Gasteiger partial charge in [0.1, 0.15) is 0 Å². The Hall–Kier alpha value is 0.0500. The summed E-state index contributed by atoms with van der Waals surface area (Å²) in [6.07, 6.45) is 3.49. The van der Waals surface area contributed by atoms with Crippen LogP contribution in [0.3, 0.4) is 0 Å². The van der Waals surface area contributed by atoms with Crippen LogP contribution in [-0.2, 0) is 0 Å². The van der Waals surface area contributed by atoms with Crippen molar-refractivity contribution < 1.29 is 0 Å². The fraction of sp³-hybridized carbons (Fsp3) is 0.750. The average Bonchev–Trinajstić information content (AvgIpc) is 1.88. The minimum atomic E-state index is 0.724. The summed E-state index contributed by atoms with van der Waals surface area (Å²) in [6, 6.07) is 0. The Morgan fingerprint density at radius 2 is 2.30 bits per heavy atom. The van der Waals surface area contributed by atoms with Crippen molar-refractivity contribution in [2.24, 2.45) is 5.92 Å². The molecule has 0 fully saturated rings. The third-order valence-corrected chi connectivity index (χ3v) is 2.33. The zero-order valence-electron chi connectivity index (χ0n) is 6.67. The van der Waals surface area contributed by atoms with E-state index in [9.17, 15) is 0 Å². The van der Waals surface area contributed by atoms with Crippen molar-refractivity contribution in [3.8, 4) is 0 Å². The number of rotatable bonds is 1. The molecule has 0 aromatic carbocycles. The van der Waals surface area contributed by atoms with Gasteiger partial charge in [-0.2, -0.15) is 0 Å². The van der Waals surface area contributed by atoms with Gasteiger partial charge in [0.15, 0.2) is 0 Å². The number of thiol groups is 1. The van der Waals surface area contributed by atoms with E-state index in [1.54, 1.807) is 5.57 Å². The lowest BCUT2D eigenvalue weighted by molar-refractivity contribution is 0.484. The van der Waals surface area contributed by atoms with Gasteiger partial charge in [-0.05, 0) is 12.3 Å². The van der Waals surface area contributed by atoms with Gasteiger partial charge in [0.2, 0.25) is 0 Å². The van der Waals surface area contributed by atoms with Crippen molar-refractivity contribution in [3.05, 3.63) is 11.6 Å². The molecule has 0 saturated heterocycles. The fourth-order valence-corrected chi connectivity index (χ4v) is 1.38. The molecule has 0 aromatic heterocycles. The van der Waals surface area contributed by atoms with E-state index in [0.29, 0.717) is 0 Å². The molecule has 2 heteroatoms. The van der Waals surface area contributed by atoms with E-state index in [0.717, 1.165) is 19.0 Å². The van der Waals surface area contributed by atoms with E-state index < -0.39 is 0 Å². The fourth-order valence-electron chi connectivity index (χ4n) is 1.20. The molecule has 10 heavy (non-hydrogen) atoms. The first-order valence-corrected chi connectivity index (χ1v) is 4.23. The molecule has 0 atom stereocenters. The summed E-state index contributed by atoms with van der Waals surface area (Å²) < 4.78 is 2.05. The van der Waals surface area contributed by atoms with Gasteiger partial charge in [-0.15, -0.1) is 0 Å². The molecule has 1 heterocycles. The maximum Gasteiger partial charge on any atom is 0.0270 e. The van der Waals surface area contributed by atoms with Gasteiger partial charge in [0.25, 0.3) is 0 Å². The summed E-state index contributed by atoms with van der Waals surface area (Å²) in [5.74, 6) is 0.724. The van der Waals surface area contributed by atoms with E-state index in [1.807, 2.05) is 4.31 Å². The highest BCUT2D eigenvalue weighted by Crippen LogP contribution is 2.18. The summed E-state index contributed by atoms with van der Waals surface area (Å²) in [6.45, 7) is 6.61. The zero-order chi connectivity index (χ0) is 7.56. The molecule has 0 N–H and O–H groups in total. The summed E-state index contributed by atoms with van der Waals surface area (Å²) in [5.41, 5.74) is 1.59. The molecule has 0 spiro atoms. The third-order valence-electron chi connectivity index (χ3n) is 1.96. The lowest BCUT2D eigenvalue weighted by Crippen LogP contribution is -2.20. The first-order valence-electron chi connectivity index (χ1n) is 3.83. The smallest absolute Gasteiger partial charge is 0.0270 e. The predicted molar refractivity (Wildman–Crippen MR) is 48.1 cm³/mol. The molecule has 1 rings (SSSR count). The summed E-state index contributed by atoms with van der Waals surface area (Å²) in [5, 5.41) is 0. The van der Waals surface area contributed by atoms with Gasteiger partial charge in [-0.1, -0.05) is 38.3 Å². The Kier molecular flexibility index (Phi) is 2.81. The number of hydrogen-bond donors (Lipinski definition) is 1. The van der Waals surface area contributed by atoms with Gasteiger partial charge >= 0.3 is 0 Å². The van der Waals surface area contributed by atoms with E-state index in [2.05, 4.69) is 32.7 Å². The molecule has 0 aliphatic carbocycles. The first-order chi connectivity index (χ1) is 4.70. The number of nitrogens with zero attached hydrogens (tertiary/aromatic N) is 1. The second kappa shape index (κ2) is 3.44. The quantitative estimate of drug-likeness (QED) is 0.451. The molecule has 1 aliphatic rings. The van der Waals surface area contributed by atoms with E-state index >= 15 is 0 Å². The standard InChI is InChI=1S/C8H15NS/c1-7(2)8-3-5-9(10)6-4-8/h3,7,10H,4-6H2,1-2H3. The molecule has 0 amide bonds. The molecule has 58 valence electrons. The normalized spacial score (nSPS) is 21.4. The van der Waals surface area contributed by atoms with E-state index in [4.69, 9.17) is 0 Å². The zero-order valence-corrected chi connectivity index (χ0v) is 7.56. The van der Waals surface area contributed by atoms with Crippen molar-refractivity contribution in [1.29, 1.82) is 0 Å². The molecule has 1 nitrogen and oxygen atoms in total. The minimum absolute atomic E-state index is 0.724. The number of hydrogen-bond acceptors (Lipinski definition) is 2. The van der Waals surface area contributed by atoms with Crippen LogP contribution in [0, 0.1) is 5.92 Å². The summed E-state index contributed by atoms with van der Waals surface area (Å²) in [4.78, 5) is 0. The molecule has 0 aromatic rings. The maximum absolute atomic E-state index is 4.26. The SMILES string of the molecule is CC(C)C1=CCN(S)CC1. The molecule has 0 radical (unpaired) electrons. The molecule has 0 bridgehead atoms. The van der Waals surface area contributed by atoms with Crippen LogP contribution in [0.1, 0.15) is 20.3 Å². The lowest BCUT2D eigenvalue weighted by atomic mass is 9.98. The van der Waals surface area contributed by atoms with Gasteiger partial charge in [-0.3, -0.25) is 0 Å². The minimum Gasteiger partial charge on any atom is -0.249 e. The Labute approximate surface area is 68.6 Å². The third kappa shape index (κ3) is 2.03. The maximum atomic E-state index is 4.26. The second-order valence-electron chi connectivity index (χ2n) is 3.10. The predicted octanol–water partition coefficient (Wildman–Crippen LogP) is 2.12. The van der Waals surface area contributed by atoms with Crippen molar-refractivity contribution >= 4 is 12.8 Å². The van der Waals surface area contributed by atoms with Crippen molar-refractivity contribution in [2.75, 3.05) is 13.1 Å². The summed E-state index contributed by atoms with van der Waals surface area (Å²) in [7, 11) is 0. The monoisotopic (exact) mass is 157 g/mol. The van der Waals surface area contributed by atoms with Gasteiger partial charge in [-0.25, -0.2) is 4.31 Å². The molecule has 0 saturated carbocycles. The van der Waals surface area contributed by atoms with Crippen LogP contribution in [0.4, 0.5) is 0 Å². The summed E-state index contributed by atoms with van der Waals surface area (Å²) >= 11 is 4.26. The van der Waals surface area contributed by atoms with Crippen LogP contribution in [0.5, 0.6) is 0 Å². The highest BCUT2D eigenvalue weighted by Gasteiger charge is 2.09. The Bertz CT molecular complexity index is 140. The molecular weight excluding hydrogens is 142 g/mol. The first kappa shape index (κ1) is 8.15. The van der Waals surface area contributed by atoms with Crippen LogP contribution >= 0.6 is 12.8 Å². The van der Waals surface area contributed by atoms with E-state index in [-0.39, 0.29) is 0 Å². The van der Waals surface area contributed by atoms with Crippen LogP contribution in [0.25, 0.3) is 0 Å². The van der Waals surface area contributed by atoms with Crippen LogP contribution < -0.4 is 0 Å². The van der Waals surface area contributed by atoms with Crippen LogP contribution in [-0.4, -0.2) is 17.4 Å². The van der Waals surface area contributed by atoms with Gasteiger partial charge in [0.05, 0.1) is 0 Å². The van der Waals surface area contributed by atoms with Gasteiger partial charge in [0, 0.05) is 13.1 Å².